The van der Waals surface area contributed by atoms with Crippen molar-refractivity contribution in [2.24, 2.45) is 11.8 Å². The van der Waals surface area contributed by atoms with Gasteiger partial charge in [0.15, 0.2) is 0 Å². The van der Waals surface area contributed by atoms with Crippen molar-refractivity contribution in [1.82, 2.24) is 0 Å². The number of hydrogen-bond acceptors (Lipinski definition) is 5. The number of carbonyl (C=O) groups excluding carboxylic acids is 1. The van der Waals surface area contributed by atoms with E-state index in [0.29, 0.717) is 25.7 Å². The molecule has 25 heavy (non-hydrogen) atoms. The van der Waals surface area contributed by atoms with Crippen LogP contribution in [0.15, 0.2) is 0 Å². The van der Waals surface area contributed by atoms with Crippen LogP contribution in [0.2, 0.25) is 0 Å². The summed E-state index contributed by atoms with van der Waals surface area (Å²) in [6.45, 7) is 2.33. The van der Waals surface area contributed by atoms with E-state index in [1.54, 1.807) is 13.8 Å². The lowest BCUT2D eigenvalue weighted by atomic mass is 9.63. The molecule has 0 saturated heterocycles. The molecule has 1 fully saturated rings. The first-order valence-electron chi connectivity index (χ1n) is 7.85. The highest BCUT2D eigenvalue weighted by Gasteiger charge is 2.65. The van der Waals surface area contributed by atoms with E-state index in [0.717, 1.165) is 0 Å². The van der Waals surface area contributed by atoms with Crippen LogP contribution in [-0.2, 0) is 19.6 Å². The Kier molecular flexibility index (Phi) is 6.50. The normalized spacial score (nSPS) is 22.4. The number of alkyl halides is 4. The van der Waals surface area contributed by atoms with E-state index in [2.05, 4.69) is 4.74 Å². The van der Waals surface area contributed by atoms with Gasteiger partial charge in [0, 0.05) is 5.92 Å². The van der Waals surface area contributed by atoms with Crippen LogP contribution >= 0.6 is 0 Å². The predicted octanol–water partition coefficient (Wildman–Crippen LogP) is 2.61. The fourth-order valence-electron chi connectivity index (χ4n) is 2.92. The molecule has 0 aromatic carbocycles. The monoisotopic (exact) mass is 394 g/mol. The summed E-state index contributed by atoms with van der Waals surface area (Å²) in [5.41, 5.74) is -1.09. The first kappa shape index (κ1) is 22.1. The Balaban J connectivity index is 2.64. The third-order valence-corrected chi connectivity index (χ3v) is 5.85. The van der Waals surface area contributed by atoms with Crippen LogP contribution in [0.4, 0.5) is 17.6 Å². The van der Waals surface area contributed by atoms with E-state index < -0.39 is 57.7 Å². The second-order valence-electron chi connectivity index (χ2n) is 6.21. The highest BCUT2D eigenvalue weighted by atomic mass is 32.2. The molecule has 0 aliphatic heterocycles. The van der Waals surface area contributed by atoms with Crippen LogP contribution in [0.25, 0.3) is 0 Å². The molecule has 2 unspecified atom stereocenters. The van der Waals surface area contributed by atoms with Gasteiger partial charge in [-0.2, -0.15) is 26.0 Å². The summed E-state index contributed by atoms with van der Waals surface area (Å²) in [4.78, 5) is 11.9. The summed E-state index contributed by atoms with van der Waals surface area (Å²) in [6, 6.07) is 0. The van der Waals surface area contributed by atoms with Gasteiger partial charge in [-0.05, 0) is 25.7 Å². The van der Waals surface area contributed by atoms with Crippen LogP contribution in [0.5, 0.6) is 0 Å². The predicted molar refractivity (Wildman–Crippen MR) is 78.8 cm³/mol. The van der Waals surface area contributed by atoms with Gasteiger partial charge in [0.1, 0.15) is 0 Å². The molecule has 148 valence electrons. The van der Waals surface area contributed by atoms with E-state index in [1.165, 1.54) is 0 Å². The van der Waals surface area contributed by atoms with Gasteiger partial charge in [0.2, 0.25) is 0 Å². The quantitative estimate of drug-likeness (QED) is 0.354. The topological polar surface area (TPSA) is 101 Å². The lowest BCUT2D eigenvalue weighted by molar-refractivity contribution is -0.182. The molecule has 1 rings (SSSR count). The van der Waals surface area contributed by atoms with Gasteiger partial charge in [0.25, 0.3) is 0 Å². The Morgan fingerprint density at radius 2 is 1.68 bits per heavy atom. The first-order chi connectivity index (χ1) is 11.2. The van der Waals surface area contributed by atoms with Crippen molar-refractivity contribution in [3.05, 3.63) is 0 Å². The zero-order valence-corrected chi connectivity index (χ0v) is 14.7. The lowest BCUT2D eigenvalue weighted by Crippen LogP contribution is -2.50. The van der Waals surface area contributed by atoms with Gasteiger partial charge in [-0.15, -0.1) is 0 Å². The second kappa shape index (κ2) is 7.36. The molecule has 1 aliphatic carbocycles. The summed E-state index contributed by atoms with van der Waals surface area (Å²) in [6.07, 6.45) is -0.0692. The molecule has 0 heterocycles. The van der Waals surface area contributed by atoms with Crippen LogP contribution in [0.3, 0.4) is 0 Å². The van der Waals surface area contributed by atoms with Crippen molar-refractivity contribution in [3.63, 3.8) is 0 Å². The van der Waals surface area contributed by atoms with Gasteiger partial charge in [-0.3, -0.25) is 9.35 Å². The van der Waals surface area contributed by atoms with Gasteiger partial charge in [-0.1, -0.05) is 13.8 Å². The standard InChI is InChI=1S/C14H22F4O6S/c1-3-12(20,4-2)10-6-5-9(10)11(19)24-8-7-13(15,16)14(17,18)25(21,22)23/h9-10,20H,3-8H2,1-2H3,(H,21,22,23). The summed E-state index contributed by atoms with van der Waals surface area (Å²) in [5, 5.41) is 4.71. The summed E-state index contributed by atoms with van der Waals surface area (Å²) in [7, 11) is -6.31. The number of ether oxygens (including phenoxy) is 1. The number of esters is 1. The third kappa shape index (κ3) is 4.25. The maximum absolute atomic E-state index is 13.3. The van der Waals surface area contributed by atoms with Gasteiger partial charge in [0.05, 0.1) is 24.5 Å². The molecule has 1 saturated carbocycles. The number of rotatable bonds is 9. The van der Waals surface area contributed by atoms with Crippen molar-refractivity contribution in [2.75, 3.05) is 6.61 Å². The molecule has 2 N–H and O–H groups in total. The SMILES string of the molecule is CCC(O)(CC)C1CCC1C(=O)OCCC(F)(F)C(F)(F)S(=O)(=O)O. The number of halogens is 4. The van der Waals surface area contributed by atoms with E-state index in [1.807, 2.05) is 0 Å². The molecule has 0 spiro atoms. The lowest BCUT2D eigenvalue weighted by Gasteiger charge is -2.45. The van der Waals surface area contributed by atoms with Crippen molar-refractivity contribution < 1.29 is 45.2 Å². The van der Waals surface area contributed by atoms with Gasteiger partial charge in [-0.25, -0.2) is 0 Å². The molecule has 0 aromatic heterocycles. The fourth-order valence-corrected chi connectivity index (χ4v) is 3.40. The van der Waals surface area contributed by atoms with E-state index >= 15 is 0 Å². The summed E-state index contributed by atoms with van der Waals surface area (Å²) >= 11 is 0. The molecule has 0 bridgehead atoms. The Morgan fingerprint density at radius 3 is 2.04 bits per heavy atom. The molecule has 0 radical (unpaired) electrons. The first-order valence-corrected chi connectivity index (χ1v) is 9.29. The molecule has 11 heteroatoms. The second-order valence-corrected chi connectivity index (χ2v) is 7.68. The molecule has 2 atom stereocenters. The van der Waals surface area contributed by atoms with E-state index in [9.17, 15) is 35.9 Å². The minimum atomic E-state index is -6.31. The highest BCUT2D eigenvalue weighted by molar-refractivity contribution is 7.87. The van der Waals surface area contributed by atoms with E-state index in [-0.39, 0.29) is 0 Å². The summed E-state index contributed by atoms with van der Waals surface area (Å²) in [5.74, 6) is -7.13. The van der Waals surface area contributed by atoms with Crippen LogP contribution < -0.4 is 0 Å². The molecule has 6 nitrogen and oxygen atoms in total. The smallest absolute Gasteiger partial charge is 0.431 e. The third-order valence-electron chi connectivity index (χ3n) is 4.90. The fraction of sp³-hybridized carbons (Fsp3) is 0.929. The Bertz CT molecular complexity index is 588. The highest BCUT2D eigenvalue weighted by Crippen LogP contribution is 2.46. The average molecular weight is 394 g/mol. The molecule has 1 aliphatic rings. The molecular formula is C14H22F4O6S. The number of aliphatic hydroxyl groups is 1. The van der Waals surface area contributed by atoms with Crippen molar-refractivity contribution in [3.8, 4) is 0 Å². The number of hydrogen-bond donors (Lipinski definition) is 2. The zero-order chi connectivity index (χ0) is 19.7. The maximum Gasteiger partial charge on any atom is 0.431 e. The average Bonchev–Trinajstić information content (AvgIpc) is 2.44. The van der Waals surface area contributed by atoms with Crippen LogP contribution in [-0.4, -0.2) is 47.4 Å². The largest absolute Gasteiger partial charge is 0.465 e. The molecule has 0 amide bonds. The van der Waals surface area contributed by atoms with E-state index in [4.69, 9.17) is 4.55 Å². The van der Waals surface area contributed by atoms with Crippen molar-refractivity contribution >= 4 is 16.1 Å². The van der Waals surface area contributed by atoms with Crippen molar-refractivity contribution in [1.29, 1.82) is 0 Å². The van der Waals surface area contributed by atoms with Crippen molar-refractivity contribution in [2.45, 2.75) is 62.7 Å². The Labute approximate surface area is 143 Å². The Morgan fingerprint density at radius 1 is 1.16 bits per heavy atom. The van der Waals surface area contributed by atoms with Gasteiger partial charge >= 0.3 is 27.3 Å². The Hall–Kier alpha value is -0.940. The van der Waals surface area contributed by atoms with Gasteiger partial charge < -0.3 is 9.84 Å². The minimum absolute atomic E-state index is 0.378. The van der Waals surface area contributed by atoms with Crippen LogP contribution in [0, 0.1) is 11.8 Å². The zero-order valence-electron chi connectivity index (χ0n) is 13.8. The minimum Gasteiger partial charge on any atom is -0.465 e. The van der Waals surface area contributed by atoms with Crippen LogP contribution in [0.1, 0.15) is 46.0 Å². The maximum atomic E-state index is 13.3. The summed E-state index contributed by atoms with van der Waals surface area (Å²) < 4.78 is 86.1. The molecule has 0 aromatic rings. The molecular weight excluding hydrogens is 372 g/mol. The number of carbonyl (C=O) groups is 1.